The molecule has 2 aliphatic heterocycles. The molecule has 2 amide bonds. The standard InChI is InChI=1S/C34H39FN2O6/c1-20(2)23-18-24-32(34(42)37(33(24)41)15-7-3-4-9-30(39)40)25-19-43-29(31(23)25)13-11-22(27-8-5-6-14-36-27)16-21-10-12-28(38)26(35)17-21/h5-6,8,10,12,14,16-17,20,24-25,29,32,38H,3-4,7,9,11,13,15,18-19H2,1-2H3,(H,39,40)/b22-16-/t24-,25+,29-,32-/m1/s1. The van der Waals surface area contributed by atoms with Gasteiger partial charge < -0.3 is 14.9 Å². The molecule has 0 spiro atoms. The Morgan fingerprint density at radius 1 is 1.12 bits per heavy atom. The second-order valence-corrected chi connectivity index (χ2v) is 12.1. The van der Waals surface area contributed by atoms with Crippen molar-refractivity contribution in [1.82, 2.24) is 9.88 Å². The summed E-state index contributed by atoms with van der Waals surface area (Å²) in [6.45, 7) is 4.95. The Balaban J connectivity index is 1.34. The molecule has 2 saturated heterocycles. The molecule has 5 rings (SSSR count). The van der Waals surface area contributed by atoms with E-state index in [4.69, 9.17) is 9.84 Å². The number of pyridine rings is 1. The summed E-state index contributed by atoms with van der Waals surface area (Å²) in [5.41, 5.74) is 4.63. The normalized spacial score (nSPS) is 23.7. The lowest BCUT2D eigenvalue weighted by Gasteiger charge is -2.33. The maximum absolute atomic E-state index is 14.1. The molecule has 228 valence electrons. The number of carbonyl (C=O) groups is 3. The van der Waals surface area contributed by atoms with Crippen molar-refractivity contribution in [2.24, 2.45) is 23.7 Å². The number of rotatable bonds is 12. The molecule has 3 heterocycles. The molecular weight excluding hydrogens is 551 g/mol. The molecule has 43 heavy (non-hydrogen) atoms. The summed E-state index contributed by atoms with van der Waals surface area (Å²) in [6.07, 6.45) is 7.01. The molecule has 2 N–H and O–H groups in total. The van der Waals surface area contributed by atoms with Crippen molar-refractivity contribution in [2.75, 3.05) is 13.2 Å². The van der Waals surface area contributed by atoms with Crippen LogP contribution < -0.4 is 0 Å². The molecule has 0 bridgehead atoms. The largest absolute Gasteiger partial charge is 0.505 e. The van der Waals surface area contributed by atoms with Crippen LogP contribution in [-0.4, -0.2) is 57.1 Å². The first-order chi connectivity index (χ1) is 20.7. The highest BCUT2D eigenvalue weighted by atomic mass is 19.1. The van der Waals surface area contributed by atoms with E-state index in [0.717, 1.165) is 16.8 Å². The molecule has 9 heteroatoms. The number of amides is 2. The number of fused-ring (bicyclic) bond motifs is 3. The van der Waals surface area contributed by atoms with Gasteiger partial charge in [-0.25, -0.2) is 4.39 Å². The van der Waals surface area contributed by atoms with Gasteiger partial charge in [0.05, 0.1) is 30.2 Å². The molecule has 3 aliphatic rings. The van der Waals surface area contributed by atoms with E-state index in [-0.39, 0.29) is 42.1 Å². The van der Waals surface area contributed by atoms with Gasteiger partial charge in [-0.2, -0.15) is 0 Å². The summed E-state index contributed by atoms with van der Waals surface area (Å²) in [5, 5.41) is 18.5. The molecular formula is C34H39FN2O6. The van der Waals surface area contributed by atoms with Gasteiger partial charge in [-0.05, 0) is 85.1 Å². The first-order valence-corrected chi connectivity index (χ1v) is 15.2. The van der Waals surface area contributed by atoms with Crippen molar-refractivity contribution in [2.45, 2.75) is 64.9 Å². The third-order valence-electron chi connectivity index (χ3n) is 8.99. The number of ether oxygens (including phenoxy) is 1. The summed E-state index contributed by atoms with van der Waals surface area (Å²) in [5.74, 6) is -2.95. The molecule has 0 saturated carbocycles. The molecule has 1 aromatic carbocycles. The van der Waals surface area contributed by atoms with Gasteiger partial charge in [0.15, 0.2) is 11.6 Å². The first-order valence-electron chi connectivity index (χ1n) is 15.2. The number of imide groups is 1. The Labute approximate surface area is 251 Å². The highest BCUT2D eigenvalue weighted by molar-refractivity contribution is 6.06. The van der Waals surface area contributed by atoms with Gasteiger partial charge in [0.2, 0.25) is 11.8 Å². The number of benzene rings is 1. The third-order valence-corrected chi connectivity index (χ3v) is 8.99. The highest BCUT2D eigenvalue weighted by Gasteiger charge is 2.56. The lowest BCUT2D eigenvalue weighted by Crippen LogP contribution is -2.35. The quantitative estimate of drug-likeness (QED) is 0.181. The van der Waals surface area contributed by atoms with Crippen molar-refractivity contribution < 1.29 is 33.7 Å². The van der Waals surface area contributed by atoms with Gasteiger partial charge in [0, 0.05) is 25.1 Å². The van der Waals surface area contributed by atoms with Crippen molar-refractivity contribution in [3.63, 3.8) is 0 Å². The van der Waals surface area contributed by atoms with Gasteiger partial charge in [0.25, 0.3) is 0 Å². The summed E-state index contributed by atoms with van der Waals surface area (Å²) in [6, 6.07) is 9.93. The number of hydrogen-bond acceptors (Lipinski definition) is 6. The van der Waals surface area contributed by atoms with E-state index < -0.39 is 23.5 Å². The number of hydrogen-bond donors (Lipinski definition) is 2. The predicted octanol–water partition coefficient (Wildman–Crippen LogP) is 5.86. The van der Waals surface area contributed by atoms with Gasteiger partial charge in [0.1, 0.15) is 0 Å². The summed E-state index contributed by atoms with van der Waals surface area (Å²) in [4.78, 5) is 43.8. The average molecular weight is 591 g/mol. The fraction of sp³-hybridized carbons (Fsp3) is 0.471. The van der Waals surface area contributed by atoms with E-state index in [1.54, 1.807) is 12.3 Å². The molecule has 2 aromatic rings. The smallest absolute Gasteiger partial charge is 0.303 e. The summed E-state index contributed by atoms with van der Waals surface area (Å²) >= 11 is 0. The van der Waals surface area contributed by atoms with E-state index in [1.165, 1.54) is 22.6 Å². The number of carboxylic acid groups (broad SMARTS) is 1. The minimum atomic E-state index is -0.841. The summed E-state index contributed by atoms with van der Waals surface area (Å²) in [7, 11) is 0. The highest BCUT2D eigenvalue weighted by Crippen LogP contribution is 2.51. The Morgan fingerprint density at radius 3 is 2.63 bits per heavy atom. The van der Waals surface area contributed by atoms with E-state index in [2.05, 4.69) is 18.8 Å². The van der Waals surface area contributed by atoms with Crippen molar-refractivity contribution in [3.8, 4) is 5.75 Å². The number of unbranched alkanes of at least 4 members (excludes halogenated alkanes) is 2. The number of phenols is 1. The Kier molecular flexibility index (Phi) is 9.40. The molecule has 8 nitrogen and oxygen atoms in total. The maximum atomic E-state index is 14.1. The fourth-order valence-electron chi connectivity index (χ4n) is 6.89. The number of allylic oxidation sites excluding steroid dienone is 2. The van der Waals surface area contributed by atoms with Crippen LogP contribution in [0.15, 0.2) is 53.7 Å². The molecule has 0 unspecified atom stereocenters. The van der Waals surface area contributed by atoms with Crippen LogP contribution in [0.2, 0.25) is 0 Å². The Bertz CT molecular complexity index is 1440. The minimum Gasteiger partial charge on any atom is -0.505 e. The number of carbonyl (C=O) groups excluding carboxylic acids is 2. The molecule has 1 aliphatic carbocycles. The Hall–Kier alpha value is -3.85. The number of aromatic hydroxyl groups is 1. The second kappa shape index (κ2) is 13.2. The van der Waals surface area contributed by atoms with Gasteiger partial charge in [-0.1, -0.05) is 38.0 Å². The predicted molar refractivity (Wildman–Crippen MR) is 159 cm³/mol. The number of carboxylic acids is 1. The van der Waals surface area contributed by atoms with Crippen LogP contribution in [0.3, 0.4) is 0 Å². The number of aromatic nitrogens is 1. The van der Waals surface area contributed by atoms with Crippen molar-refractivity contribution in [1.29, 1.82) is 0 Å². The van der Waals surface area contributed by atoms with Crippen LogP contribution >= 0.6 is 0 Å². The van der Waals surface area contributed by atoms with Crippen LogP contribution in [-0.2, 0) is 19.1 Å². The van der Waals surface area contributed by atoms with E-state index >= 15 is 0 Å². The van der Waals surface area contributed by atoms with Crippen LogP contribution in [0.4, 0.5) is 4.39 Å². The van der Waals surface area contributed by atoms with E-state index in [9.17, 15) is 23.9 Å². The average Bonchev–Trinajstić information content (AvgIpc) is 3.51. The number of likely N-dealkylation sites (tertiary alicyclic amines) is 1. The zero-order valence-electron chi connectivity index (χ0n) is 24.7. The SMILES string of the molecule is CC(C)C1=C2[C@@H](CC/C(=C/c3ccc(O)c(F)c3)c3ccccn3)OC[C@@H]2[C@@H]2C(=O)N(CCCCCC(=O)O)C(=O)[C@@H]2C1. The van der Waals surface area contributed by atoms with Crippen LogP contribution in [0.25, 0.3) is 11.6 Å². The van der Waals surface area contributed by atoms with Gasteiger partial charge in [-0.3, -0.25) is 24.3 Å². The zero-order chi connectivity index (χ0) is 30.7. The Morgan fingerprint density at radius 2 is 1.93 bits per heavy atom. The van der Waals surface area contributed by atoms with Crippen LogP contribution in [0.5, 0.6) is 5.75 Å². The lowest BCUT2D eigenvalue weighted by molar-refractivity contribution is -0.141. The number of phenolic OH excluding ortho intramolecular Hbond substituents is 1. The van der Waals surface area contributed by atoms with Crippen molar-refractivity contribution >= 4 is 29.4 Å². The zero-order valence-corrected chi connectivity index (χ0v) is 24.7. The minimum absolute atomic E-state index is 0.0854. The summed E-state index contributed by atoms with van der Waals surface area (Å²) < 4.78 is 20.5. The monoisotopic (exact) mass is 590 g/mol. The molecule has 0 radical (unpaired) electrons. The van der Waals surface area contributed by atoms with E-state index in [1.807, 2.05) is 24.3 Å². The molecule has 4 atom stereocenters. The maximum Gasteiger partial charge on any atom is 0.303 e. The van der Waals surface area contributed by atoms with Crippen LogP contribution in [0, 0.1) is 29.5 Å². The van der Waals surface area contributed by atoms with Crippen LogP contribution in [0.1, 0.15) is 70.1 Å². The fourth-order valence-corrected chi connectivity index (χ4v) is 6.89. The lowest BCUT2D eigenvalue weighted by atomic mass is 9.67. The molecule has 1 aromatic heterocycles. The van der Waals surface area contributed by atoms with E-state index in [0.29, 0.717) is 57.2 Å². The number of nitrogens with zero attached hydrogens (tertiary/aromatic N) is 2. The third kappa shape index (κ3) is 6.56. The number of aliphatic carboxylic acids is 1. The van der Waals surface area contributed by atoms with Gasteiger partial charge >= 0.3 is 5.97 Å². The second-order valence-electron chi connectivity index (χ2n) is 12.1. The molecule has 2 fully saturated rings. The first kappa shape index (κ1) is 30.6. The van der Waals surface area contributed by atoms with Gasteiger partial charge in [-0.15, -0.1) is 0 Å². The topological polar surface area (TPSA) is 117 Å². The number of halogens is 1. The van der Waals surface area contributed by atoms with Crippen molar-refractivity contribution in [3.05, 3.63) is 70.8 Å².